The number of hydrogen-bond acceptors (Lipinski definition) is 5. The van der Waals surface area contributed by atoms with E-state index in [0.717, 1.165) is 0 Å². The van der Waals surface area contributed by atoms with Crippen molar-refractivity contribution in [2.24, 2.45) is 0 Å². The molecule has 21 heavy (non-hydrogen) atoms. The van der Waals surface area contributed by atoms with Crippen molar-refractivity contribution in [2.45, 2.75) is 43.1 Å². The van der Waals surface area contributed by atoms with Crippen LogP contribution in [0.4, 0.5) is 4.79 Å². The van der Waals surface area contributed by atoms with Crippen molar-refractivity contribution in [1.82, 2.24) is 14.9 Å². The summed E-state index contributed by atoms with van der Waals surface area (Å²) >= 11 is 5.71. The Balaban J connectivity index is 1.99. The van der Waals surface area contributed by atoms with Gasteiger partial charge in [0.05, 0.1) is 16.0 Å². The van der Waals surface area contributed by atoms with Gasteiger partial charge >= 0.3 is 6.09 Å². The zero-order chi connectivity index (χ0) is 15.6. The number of amides is 1. The van der Waals surface area contributed by atoms with Crippen molar-refractivity contribution in [3.63, 3.8) is 0 Å². The molecule has 2 rings (SSSR count). The average molecular weight is 332 g/mol. The number of likely N-dealkylation sites (tertiary alicyclic amines) is 1. The second-order valence-electron chi connectivity index (χ2n) is 5.80. The monoisotopic (exact) mass is 331 g/mol. The molecule has 1 saturated heterocycles. The van der Waals surface area contributed by atoms with Gasteiger partial charge in [-0.15, -0.1) is 0 Å². The molecule has 2 atom stereocenters. The van der Waals surface area contributed by atoms with Gasteiger partial charge in [-0.25, -0.2) is 14.8 Å². The fourth-order valence-electron chi connectivity index (χ4n) is 2.00. The first-order valence-corrected chi connectivity index (χ1v) is 8.22. The number of carbonyl (C=O) groups is 1. The molecular weight excluding hydrogens is 314 g/mol. The molecule has 1 aromatic heterocycles. The fraction of sp³-hybridized carbons (Fsp3) is 0.615. The first-order chi connectivity index (χ1) is 9.76. The molecular formula is C13H18ClN3O3S. The topological polar surface area (TPSA) is 72.4 Å². The van der Waals surface area contributed by atoms with Crippen LogP contribution in [0.1, 0.15) is 27.2 Å². The Morgan fingerprint density at radius 3 is 2.86 bits per heavy atom. The third kappa shape index (κ3) is 4.38. The maximum atomic E-state index is 12.4. The third-order valence-corrected chi connectivity index (χ3v) is 4.72. The van der Waals surface area contributed by atoms with E-state index >= 15 is 0 Å². The van der Waals surface area contributed by atoms with Gasteiger partial charge in [0, 0.05) is 19.3 Å². The molecule has 6 nitrogen and oxygen atoms in total. The van der Waals surface area contributed by atoms with E-state index in [2.05, 4.69) is 9.97 Å². The standard InChI is InChI=1S/C13H18ClN3O3S/c1-13(2,3)20-12(18)17-7-5-9(8-17)21(19)10-4-6-15-11(14)16-10/h4,6,9H,5,7-8H2,1-3H3/t9-,21?/m0/s1. The Labute approximate surface area is 131 Å². The Morgan fingerprint density at radius 1 is 1.52 bits per heavy atom. The van der Waals surface area contributed by atoms with Crippen LogP contribution in [0.5, 0.6) is 0 Å². The van der Waals surface area contributed by atoms with Crippen LogP contribution in [0, 0.1) is 0 Å². The van der Waals surface area contributed by atoms with Crippen molar-refractivity contribution in [1.29, 1.82) is 0 Å². The molecule has 8 heteroatoms. The van der Waals surface area contributed by atoms with Crippen LogP contribution < -0.4 is 0 Å². The lowest BCUT2D eigenvalue weighted by molar-refractivity contribution is 0.0295. The van der Waals surface area contributed by atoms with Crippen molar-refractivity contribution in [3.8, 4) is 0 Å². The van der Waals surface area contributed by atoms with Gasteiger partial charge in [-0.2, -0.15) is 0 Å². The van der Waals surface area contributed by atoms with Crippen LogP contribution >= 0.6 is 11.6 Å². The molecule has 0 radical (unpaired) electrons. The van der Waals surface area contributed by atoms with Gasteiger partial charge in [-0.05, 0) is 44.9 Å². The molecule has 2 heterocycles. The Bertz CT molecular complexity index is 562. The lowest BCUT2D eigenvalue weighted by Gasteiger charge is -2.24. The number of nitrogens with zero attached hydrogens (tertiary/aromatic N) is 3. The van der Waals surface area contributed by atoms with Crippen molar-refractivity contribution in [3.05, 3.63) is 17.5 Å². The summed E-state index contributed by atoms with van der Waals surface area (Å²) in [7, 11) is -1.31. The summed E-state index contributed by atoms with van der Waals surface area (Å²) in [6.45, 7) is 6.38. The molecule has 1 aromatic rings. The predicted octanol–water partition coefficient (Wildman–Crippen LogP) is 2.25. The molecule has 0 aliphatic carbocycles. The Morgan fingerprint density at radius 2 is 2.24 bits per heavy atom. The number of hydrogen-bond donors (Lipinski definition) is 0. The van der Waals surface area contributed by atoms with E-state index in [1.54, 1.807) is 11.0 Å². The number of carbonyl (C=O) groups excluding carboxylic acids is 1. The van der Waals surface area contributed by atoms with Crippen LogP contribution in [-0.4, -0.2) is 49.1 Å². The summed E-state index contributed by atoms with van der Waals surface area (Å²) < 4.78 is 17.8. The molecule has 0 saturated carbocycles. The highest BCUT2D eigenvalue weighted by Gasteiger charge is 2.33. The van der Waals surface area contributed by atoms with Gasteiger partial charge in [0.1, 0.15) is 10.6 Å². The maximum absolute atomic E-state index is 12.4. The lowest BCUT2D eigenvalue weighted by Crippen LogP contribution is -2.36. The zero-order valence-electron chi connectivity index (χ0n) is 12.2. The van der Waals surface area contributed by atoms with Gasteiger partial charge < -0.3 is 9.64 Å². The van der Waals surface area contributed by atoms with Crippen molar-refractivity contribution in [2.75, 3.05) is 13.1 Å². The van der Waals surface area contributed by atoms with Gasteiger partial charge in [0.15, 0.2) is 0 Å². The molecule has 0 N–H and O–H groups in total. The lowest BCUT2D eigenvalue weighted by atomic mass is 10.2. The molecule has 1 unspecified atom stereocenters. The van der Waals surface area contributed by atoms with E-state index in [9.17, 15) is 9.00 Å². The van der Waals surface area contributed by atoms with E-state index in [-0.39, 0.29) is 16.6 Å². The first-order valence-electron chi connectivity index (χ1n) is 6.63. The SMILES string of the molecule is CC(C)(C)OC(=O)N1CC[C@H](S(=O)c2ccnc(Cl)n2)C1. The number of halogens is 1. The van der Waals surface area contributed by atoms with Crippen LogP contribution in [0.15, 0.2) is 17.3 Å². The van der Waals surface area contributed by atoms with Crippen LogP contribution in [0.2, 0.25) is 5.28 Å². The summed E-state index contributed by atoms with van der Waals surface area (Å²) in [5, 5.41) is 0.303. The minimum Gasteiger partial charge on any atom is -0.444 e. The third-order valence-electron chi connectivity index (χ3n) is 2.91. The second kappa shape index (κ2) is 6.27. The van der Waals surface area contributed by atoms with E-state index in [4.69, 9.17) is 16.3 Å². The summed E-state index contributed by atoms with van der Waals surface area (Å²) in [4.78, 5) is 21.3. The molecule has 0 bridgehead atoms. The molecule has 0 spiro atoms. The Kier molecular flexibility index (Phi) is 4.83. The Hall–Kier alpha value is -1.21. The van der Waals surface area contributed by atoms with Crippen LogP contribution in [-0.2, 0) is 15.5 Å². The van der Waals surface area contributed by atoms with E-state index < -0.39 is 16.4 Å². The number of ether oxygens (including phenoxy) is 1. The molecule has 1 amide bonds. The molecule has 1 fully saturated rings. The summed E-state index contributed by atoms with van der Waals surface area (Å²) in [6, 6.07) is 1.58. The highest BCUT2D eigenvalue weighted by molar-refractivity contribution is 7.85. The molecule has 1 aliphatic heterocycles. The van der Waals surface area contributed by atoms with Gasteiger partial charge in [0.25, 0.3) is 0 Å². The smallest absolute Gasteiger partial charge is 0.410 e. The molecule has 1 aliphatic rings. The van der Waals surface area contributed by atoms with Gasteiger partial charge in [-0.1, -0.05) is 0 Å². The maximum Gasteiger partial charge on any atom is 0.410 e. The van der Waals surface area contributed by atoms with Crippen LogP contribution in [0.25, 0.3) is 0 Å². The number of rotatable bonds is 2. The van der Waals surface area contributed by atoms with E-state index in [0.29, 0.717) is 24.5 Å². The van der Waals surface area contributed by atoms with E-state index in [1.165, 1.54) is 6.20 Å². The quantitative estimate of drug-likeness (QED) is 0.614. The number of aromatic nitrogens is 2. The molecule has 0 aromatic carbocycles. The predicted molar refractivity (Wildman–Crippen MR) is 79.7 cm³/mol. The van der Waals surface area contributed by atoms with Gasteiger partial charge in [-0.3, -0.25) is 4.21 Å². The minimum absolute atomic E-state index is 0.0721. The largest absolute Gasteiger partial charge is 0.444 e. The fourth-order valence-corrected chi connectivity index (χ4v) is 3.54. The zero-order valence-corrected chi connectivity index (χ0v) is 13.8. The highest BCUT2D eigenvalue weighted by atomic mass is 35.5. The normalized spacial score (nSPS) is 20.4. The van der Waals surface area contributed by atoms with Gasteiger partial charge in [0.2, 0.25) is 5.28 Å². The molecule has 116 valence electrons. The van der Waals surface area contributed by atoms with Crippen molar-refractivity contribution < 1.29 is 13.7 Å². The summed E-state index contributed by atoms with van der Waals surface area (Å²) in [6.07, 6.45) is 1.75. The van der Waals surface area contributed by atoms with Crippen LogP contribution in [0.3, 0.4) is 0 Å². The minimum atomic E-state index is -1.31. The second-order valence-corrected chi connectivity index (χ2v) is 7.82. The van der Waals surface area contributed by atoms with E-state index in [1.807, 2.05) is 20.8 Å². The van der Waals surface area contributed by atoms with Crippen molar-refractivity contribution >= 4 is 28.5 Å². The first kappa shape index (κ1) is 16.2. The summed E-state index contributed by atoms with van der Waals surface area (Å²) in [5.41, 5.74) is -0.533. The average Bonchev–Trinajstić information content (AvgIpc) is 2.85. The summed E-state index contributed by atoms with van der Waals surface area (Å²) in [5.74, 6) is 0. The highest BCUT2D eigenvalue weighted by Crippen LogP contribution is 2.21.